The number of likely N-dealkylation sites (tertiary alicyclic amines) is 1. The van der Waals surface area contributed by atoms with E-state index in [1.807, 2.05) is 68.8 Å². The van der Waals surface area contributed by atoms with E-state index in [-0.39, 0.29) is 6.09 Å². The molecular formula is C29H30ClN7O2. The van der Waals surface area contributed by atoms with Gasteiger partial charge in [-0.1, -0.05) is 34.4 Å². The highest BCUT2D eigenvalue weighted by Crippen LogP contribution is 2.45. The van der Waals surface area contributed by atoms with E-state index in [9.17, 15) is 10.3 Å². The molecule has 39 heavy (non-hydrogen) atoms. The van der Waals surface area contributed by atoms with Gasteiger partial charge in [-0.3, -0.25) is 4.98 Å². The van der Waals surface area contributed by atoms with Crippen LogP contribution in [0.5, 0.6) is 0 Å². The SMILES string of the molecule is Cn1cncc1C(N=[N+]=[N-])C1=Cc2cccnc2C(=C2CCN(C(=O)OC(C)(C)C)CC2)c2ccc(Cl)cc21. The van der Waals surface area contributed by atoms with Crippen molar-refractivity contribution in [1.29, 1.82) is 0 Å². The predicted octanol–water partition coefficient (Wildman–Crippen LogP) is 7.21. The number of azide groups is 1. The number of halogens is 1. The molecule has 0 N–H and O–H groups in total. The number of aromatic nitrogens is 3. The summed E-state index contributed by atoms with van der Waals surface area (Å²) in [6.45, 7) is 6.72. The molecule has 10 heteroatoms. The Morgan fingerprint density at radius 3 is 2.64 bits per heavy atom. The summed E-state index contributed by atoms with van der Waals surface area (Å²) in [6, 6.07) is 9.08. The minimum atomic E-state index is -0.633. The second kappa shape index (κ2) is 10.6. The van der Waals surface area contributed by atoms with Crippen molar-refractivity contribution in [3.05, 3.63) is 98.2 Å². The number of pyridine rings is 1. The molecule has 0 spiro atoms. The third kappa shape index (κ3) is 5.41. The lowest BCUT2D eigenvalue weighted by Gasteiger charge is -2.32. The third-order valence-corrected chi connectivity index (χ3v) is 7.15. The highest BCUT2D eigenvalue weighted by molar-refractivity contribution is 6.31. The van der Waals surface area contributed by atoms with Gasteiger partial charge in [-0.25, -0.2) is 9.78 Å². The number of aryl methyl sites for hydroxylation is 1. The van der Waals surface area contributed by atoms with Gasteiger partial charge in [0.15, 0.2) is 0 Å². The molecule has 3 aromatic rings. The van der Waals surface area contributed by atoms with Gasteiger partial charge in [-0.2, -0.15) is 0 Å². The van der Waals surface area contributed by atoms with Gasteiger partial charge >= 0.3 is 6.09 Å². The Morgan fingerprint density at radius 2 is 1.97 bits per heavy atom. The van der Waals surface area contributed by atoms with Crippen molar-refractivity contribution in [2.75, 3.05) is 13.1 Å². The van der Waals surface area contributed by atoms with Crippen LogP contribution in [0.4, 0.5) is 4.79 Å². The molecule has 1 aromatic carbocycles. The molecular weight excluding hydrogens is 514 g/mol. The highest BCUT2D eigenvalue weighted by atomic mass is 35.5. The van der Waals surface area contributed by atoms with E-state index >= 15 is 0 Å². The number of piperidine rings is 1. The first-order chi connectivity index (χ1) is 18.7. The molecule has 0 radical (unpaired) electrons. The third-order valence-electron chi connectivity index (χ3n) is 6.92. The molecule has 0 saturated carbocycles. The largest absolute Gasteiger partial charge is 0.444 e. The van der Waals surface area contributed by atoms with Gasteiger partial charge < -0.3 is 14.2 Å². The van der Waals surface area contributed by atoms with E-state index in [1.54, 1.807) is 23.6 Å². The molecule has 1 amide bonds. The summed E-state index contributed by atoms with van der Waals surface area (Å²) in [7, 11) is 1.87. The van der Waals surface area contributed by atoms with Crippen LogP contribution < -0.4 is 0 Å². The zero-order chi connectivity index (χ0) is 27.7. The average molecular weight is 544 g/mol. The molecule has 1 atom stereocenters. The van der Waals surface area contributed by atoms with Crippen LogP contribution in [0.2, 0.25) is 5.02 Å². The molecule has 1 aliphatic heterocycles. The summed E-state index contributed by atoms with van der Waals surface area (Å²) in [5.41, 5.74) is 16.4. The summed E-state index contributed by atoms with van der Waals surface area (Å²) < 4.78 is 7.45. The first-order valence-electron chi connectivity index (χ1n) is 12.8. The van der Waals surface area contributed by atoms with E-state index in [4.69, 9.17) is 21.3 Å². The van der Waals surface area contributed by atoms with E-state index in [2.05, 4.69) is 15.0 Å². The molecule has 3 heterocycles. The zero-order valence-electron chi connectivity index (χ0n) is 22.4. The number of benzene rings is 1. The number of amides is 1. The predicted molar refractivity (Wildman–Crippen MR) is 152 cm³/mol. The van der Waals surface area contributed by atoms with E-state index in [0.717, 1.165) is 39.2 Å². The van der Waals surface area contributed by atoms with Crippen molar-refractivity contribution in [2.45, 2.75) is 45.3 Å². The van der Waals surface area contributed by atoms with Gasteiger partial charge in [-0.05, 0) is 80.1 Å². The lowest BCUT2D eigenvalue weighted by Crippen LogP contribution is -2.40. The van der Waals surface area contributed by atoms with Gasteiger partial charge in [0.1, 0.15) is 11.6 Å². The minimum absolute atomic E-state index is 0.296. The fourth-order valence-electron chi connectivity index (χ4n) is 5.17. The van der Waals surface area contributed by atoms with Crippen LogP contribution in [0.3, 0.4) is 0 Å². The topological polar surface area (TPSA) is 109 Å². The lowest BCUT2D eigenvalue weighted by molar-refractivity contribution is 0.0236. The molecule has 5 rings (SSSR count). The first-order valence-corrected chi connectivity index (χ1v) is 13.2. The van der Waals surface area contributed by atoms with Gasteiger partial charge in [0.2, 0.25) is 0 Å². The first kappa shape index (κ1) is 26.5. The van der Waals surface area contributed by atoms with Crippen molar-refractivity contribution in [1.82, 2.24) is 19.4 Å². The second-order valence-electron chi connectivity index (χ2n) is 10.7. The molecule has 200 valence electrons. The molecule has 1 aliphatic carbocycles. The van der Waals surface area contributed by atoms with Crippen molar-refractivity contribution >= 4 is 34.9 Å². The molecule has 1 unspecified atom stereocenters. The Kier molecular flexibility index (Phi) is 7.21. The second-order valence-corrected chi connectivity index (χ2v) is 11.2. The average Bonchev–Trinajstić information content (AvgIpc) is 3.26. The number of carbonyl (C=O) groups is 1. The maximum absolute atomic E-state index is 12.7. The zero-order valence-corrected chi connectivity index (χ0v) is 23.2. The van der Waals surface area contributed by atoms with Gasteiger partial charge in [0.25, 0.3) is 0 Å². The maximum atomic E-state index is 12.7. The smallest absolute Gasteiger partial charge is 0.410 e. The van der Waals surface area contributed by atoms with Crippen LogP contribution in [0.1, 0.15) is 67.7 Å². The Morgan fingerprint density at radius 1 is 1.21 bits per heavy atom. The van der Waals surface area contributed by atoms with Gasteiger partial charge in [-0.15, -0.1) is 0 Å². The van der Waals surface area contributed by atoms with Crippen LogP contribution >= 0.6 is 11.6 Å². The number of hydrogen-bond donors (Lipinski definition) is 0. The Balaban J connectivity index is 1.65. The van der Waals surface area contributed by atoms with E-state index in [1.165, 1.54) is 5.57 Å². The van der Waals surface area contributed by atoms with E-state index < -0.39 is 11.6 Å². The van der Waals surface area contributed by atoms with Gasteiger partial charge in [0.05, 0.1) is 17.7 Å². The number of ether oxygens (including phenoxy) is 1. The van der Waals surface area contributed by atoms with Crippen molar-refractivity contribution in [3.63, 3.8) is 0 Å². The lowest BCUT2D eigenvalue weighted by atomic mass is 9.86. The van der Waals surface area contributed by atoms with Crippen LogP contribution in [0, 0.1) is 0 Å². The molecule has 2 aliphatic rings. The van der Waals surface area contributed by atoms with Crippen molar-refractivity contribution in [2.24, 2.45) is 12.2 Å². The van der Waals surface area contributed by atoms with Crippen molar-refractivity contribution in [3.8, 4) is 0 Å². The number of nitrogens with zero attached hydrogens (tertiary/aromatic N) is 7. The minimum Gasteiger partial charge on any atom is -0.444 e. The molecule has 1 saturated heterocycles. The summed E-state index contributed by atoms with van der Waals surface area (Å²) in [5.74, 6) is 0. The number of carbonyl (C=O) groups excluding carboxylic acids is 1. The summed E-state index contributed by atoms with van der Waals surface area (Å²) in [4.78, 5) is 26.7. The molecule has 0 bridgehead atoms. The van der Waals surface area contributed by atoms with Crippen LogP contribution in [0.15, 0.2) is 59.7 Å². The summed E-state index contributed by atoms with van der Waals surface area (Å²) in [5, 5.41) is 4.78. The molecule has 2 aromatic heterocycles. The summed E-state index contributed by atoms with van der Waals surface area (Å²) >= 11 is 6.55. The monoisotopic (exact) mass is 543 g/mol. The number of rotatable bonds is 3. The fraction of sp³-hybridized carbons (Fsp3) is 0.345. The Hall–Kier alpha value is -4.07. The van der Waals surface area contributed by atoms with Crippen LogP contribution in [0.25, 0.3) is 27.7 Å². The number of imidazole rings is 1. The van der Waals surface area contributed by atoms with Gasteiger partial charge in [0, 0.05) is 53.6 Å². The summed E-state index contributed by atoms with van der Waals surface area (Å²) in [6.07, 6.45) is 8.30. The highest BCUT2D eigenvalue weighted by Gasteiger charge is 2.31. The Bertz CT molecular complexity index is 1530. The number of fused-ring (bicyclic) bond motifs is 2. The fourth-order valence-corrected chi connectivity index (χ4v) is 5.34. The molecule has 1 fully saturated rings. The normalized spacial score (nSPS) is 15.9. The van der Waals surface area contributed by atoms with E-state index in [0.29, 0.717) is 31.0 Å². The standard InChI is InChI=1S/C29H30ClN7O2/c1-29(2,3)39-28(38)37-12-9-18(10-13-37)25-21-8-7-20(30)15-22(21)23(14-19-6-5-11-33-26(19)25)27(34-35-31)24-16-32-17-36(24)4/h5-8,11,14-17,27H,9-10,12-13H2,1-4H3. The number of hydrogen-bond acceptors (Lipinski definition) is 5. The van der Waals surface area contributed by atoms with Crippen LogP contribution in [-0.4, -0.2) is 44.2 Å². The quantitative estimate of drug-likeness (QED) is 0.197. The van der Waals surface area contributed by atoms with Crippen LogP contribution in [-0.2, 0) is 11.8 Å². The maximum Gasteiger partial charge on any atom is 0.410 e. The Labute approximate surface area is 232 Å². The molecule has 9 nitrogen and oxygen atoms in total. The van der Waals surface area contributed by atoms with Crippen molar-refractivity contribution < 1.29 is 9.53 Å².